The van der Waals surface area contributed by atoms with Crippen molar-refractivity contribution >= 4 is 23.3 Å². The van der Waals surface area contributed by atoms with Gasteiger partial charge in [-0.3, -0.25) is 4.79 Å². The van der Waals surface area contributed by atoms with E-state index in [9.17, 15) is 9.18 Å². The van der Waals surface area contributed by atoms with E-state index >= 15 is 0 Å². The molecule has 0 aliphatic heterocycles. The van der Waals surface area contributed by atoms with Crippen LogP contribution in [0.3, 0.4) is 0 Å². The van der Waals surface area contributed by atoms with E-state index in [1.54, 1.807) is 24.3 Å². The highest BCUT2D eigenvalue weighted by Gasteiger charge is 2.15. The number of aromatic nitrogens is 2. The SMILES string of the molecule is COc1cc(CNCCNC(=O)c2nonc2N)cc(Cl)c1OCc1ccc(F)cc1. The van der Waals surface area contributed by atoms with Gasteiger partial charge in [-0.25, -0.2) is 9.02 Å². The van der Waals surface area contributed by atoms with E-state index in [1.165, 1.54) is 19.2 Å². The Hall–Kier alpha value is -3.37. The molecular weight excluding hydrogens is 429 g/mol. The summed E-state index contributed by atoms with van der Waals surface area (Å²) in [5.74, 6) is 0.0500. The molecule has 0 saturated heterocycles. The molecule has 0 unspecified atom stereocenters. The van der Waals surface area contributed by atoms with Crippen molar-refractivity contribution in [1.82, 2.24) is 20.9 Å². The zero-order valence-corrected chi connectivity index (χ0v) is 17.4. The van der Waals surface area contributed by atoms with Crippen molar-refractivity contribution in [3.8, 4) is 11.5 Å². The molecule has 1 heterocycles. The number of nitrogen functional groups attached to an aromatic ring is 1. The third-order valence-corrected chi connectivity index (χ3v) is 4.51. The molecule has 1 aromatic heterocycles. The van der Waals surface area contributed by atoms with Crippen molar-refractivity contribution in [3.05, 3.63) is 64.1 Å². The Balaban J connectivity index is 1.50. The molecule has 4 N–H and O–H groups in total. The number of nitrogens with two attached hydrogens (primary N) is 1. The molecule has 0 atom stereocenters. The first-order valence-corrected chi connectivity index (χ1v) is 9.66. The Kier molecular flexibility index (Phi) is 7.63. The molecule has 0 saturated carbocycles. The highest BCUT2D eigenvalue weighted by Crippen LogP contribution is 2.37. The quantitative estimate of drug-likeness (QED) is 0.403. The molecule has 0 aliphatic rings. The van der Waals surface area contributed by atoms with E-state index in [2.05, 4.69) is 25.6 Å². The lowest BCUT2D eigenvalue weighted by molar-refractivity contribution is 0.0944. The summed E-state index contributed by atoms with van der Waals surface area (Å²) in [7, 11) is 1.52. The third-order valence-electron chi connectivity index (χ3n) is 4.23. The van der Waals surface area contributed by atoms with E-state index in [0.717, 1.165) is 11.1 Å². The lowest BCUT2D eigenvalue weighted by Gasteiger charge is -2.15. The van der Waals surface area contributed by atoms with Crippen LogP contribution in [-0.2, 0) is 13.2 Å². The second-order valence-corrected chi connectivity index (χ2v) is 6.86. The number of anilines is 1. The summed E-state index contributed by atoms with van der Waals surface area (Å²) in [6.07, 6.45) is 0. The summed E-state index contributed by atoms with van der Waals surface area (Å²) in [4.78, 5) is 11.9. The van der Waals surface area contributed by atoms with E-state index in [0.29, 0.717) is 36.2 Å². The fraction of sp³-hybridized carbons (Fsp3) is 0.250. The predicted octanol–water partition coefficient (Wildman–Crippen LogP) is 2.55. The van der Waals surface area contributed by atoms with Crippen LogP contribution < -0.4 is 25.8 Å². The summed E-state index contributed by atoms with van der Waals surface area (Å²) in [5, 5.41) is 13.0. The molecule has 3 aromatic rings. The second-order valence-electron chi connectivity index (χ2n) is 6.45. The molecule has 0 bridgehead atoms. The van der Waals surface area contributed by atoms with Crippen molar-refractivity contribution < 1.29 is 23.3 Å². The maximum Gasteiger partial charge on any atom is 0.277 e. The monoisotopic (exact) mass is 449 g/mol. The van der Waals surface area contributed by atoms with Crippen LogP contribution in [0.2, 0.25) is 5.02 Å². The van der Waals surface area contributed by atoms with Crippen molar-refractivity contribution in [3.63, 3.8) is 0 Å². The molecule has 0 radical (unpaired) electrons. The zero-order chi connectivity index (χ0) is 22.2. The minimum atomic E-state index is -0.465. The number of benzene rings is 2. The number of hydrogen-bond donors (Lipinski definition) is 3. The van der Waals surface area contributed by atoms with Gasteiger partial charge in [0.25, 0.3) is 5.91 Å². The maximum atomic E-state index is 13.0. The molecule has 31 heavy (non-hydrogen) atoms. The molecular formula is C20H21ClFN5O4. The van der Waals surface area contributed by atoms with Crippen LogP contribution in [0.4, 0.5) is 10.2 Å². The molecule has 164 valence electrons. The number of hydrogen-bond acceptors (Lipinski definition) is 8. The molecule has 3 rings (SSSR count). The topological polar surface area (TPSA) is 125 Å². The Bertz CT molecular complexity index is 1030. The van der Waals surface area contributed by atoms with Gasteiger partial charge in [-0.05, 0) is 45.7 Å². The number of halogens is 2. The van der Waals surface area contributed by atoms with Crippen LogP contribution >= 0.6 is 11.6 Å². The van der Waals surface area contributed by atoms with Crippen LogP contribution in [0, 0.1) is 5.82 Å². The fourth-order valence-corrected chi connectivity index (χ4v) is 2.97. The van der Waals surface area contributed by atoms with Crippen molar-refractivity contribution in [1.29, 1.82) is 0 Å². The van der Waals surface area contributed by atoms with E-state index in [1.807, 2.05) is 0 Å². The average Bonchev–Trinajstić information content (AvgIpc) is 3.19. The largest absolute Gasteiger partial charge is 0.493 e. The minimum absolute atomic E-state index is 0.0484. The maximum absolute atomic E-state index is 13.0. The van der Waals surface area contributed by atoms with Gasteiger partial charge in [-0.2, -0.15) is 0 Å². The standard InChI is InChI=1S/C20H21ClFN5O4/c1-29-16-9-13(10-24-6-7-25-20(28)17-19(23)27-31-26-17)8-15(21)18(16)30-11-12-2-4-14(22)5-3-12/h2-5,8-9,24H,6-7,10-11H2,1H3,(H2,23,27)(H,25,28). The summed E-state index contributed by atoms with van der Waals surface area (Å²) in [6, 6.07) is 9.58. The van der Waals surface area contributed by atoms with Crippen LogP contribution in [0.25, 0.3) is 0 Å². The number of methoxy groups -OCH3 is 1. The smallest absolute Gasteiger partial charge is 0.277 e. The molecule has 1 amide bonds. The van der Waals surface area contributed by atoms with Crippen LogP contribution in [-0.4, -0.2) is 36.4 Å². The van der Waals surface area contributed by atoms with Gasteiger partial charge in [-0.1, -0.05) is 23.7 Å². The fourth-order valence-electron chi connectivity index (χ4n) is 2.69. The lowest BCUT2D eigenvalue weighted by atomic mass is 10.2. The lowest BCUT2D eigenvalue weighted by Crippen LogP contribution is -2.32. The van der Waals surface area contributed by atoms with Crippen molar-refractivity contribution in [2.45, 2.75) is 13.2 Å². The number of carbonyl (C=O) groups excluding carboxylic acids is 1. The molecule has 0 fully saturated rings. The van der Waals surface area contributed by atoms with Crippen molar-refractivity contribution in [2.24, 2.45) is 0 Å². The van der Waals surface area contributed by atoms with E-state index in [4.69, 9.17) is 26.8 Å². The van der Waals surface area contributed by atoms with Crippen LogP contribution in [0.5, 0.6) is 11.5 Å². The Morgan fingerprint density at radius 2 is 1.97 bits per heavy atom. The van der Waals surface area contributed by atoms with Gasteiger partial charge >= 0.3 is 0 Å². The van der Waals surface area contributed by atoms with Gasteiger partial charge in [0.05, 0.1) is 12.1 Å². The first-order chi connectivity index (χ1) is 15.0. The van der Waals surface area contributed by atoms with Crippen molar-refractivity contribution in [2.75, 3.05) is 25.9 Å². The molecule has 9 nitrogen and oxygen atoms in total. The first-order valence-electron chi connectivity index (χ1n) is 9.28. The van der Waals surface area contributed by atoms with Gasteiger partial charge < -0.3 is 25.8 Å². The van der Waals surface area contributed by atoms with Gasteiger partial charge in [0, 0.05) is 19.6 Å². The van der Waals surface area contributed by atoms with Crippen LogP contribution in [0.15, 0.2) is 41.0 Å². The minimum Gasteiger partial charge on any atom is -0.493 e. The number of nitrogens with zero attached hydrogens (tertiary/aromatic N) is 2. The third kappa shape index (κ3) is 6.06. The summed E-state index contributed by atoms with van der Waals surface area (Å²) >= 11 is 6.37. The molecule has 0 aliphatic carbocycles. The highest BCUT2D eigenvalue weighted by atomic mass is 35.5. The Morgan fingerprint density at radius 1 is 1.19 bits per heavy atom. The van der Waals surface area contributed by atoms with Crippen LogP contribution in [0.1, 0.15) is 21.6 Å². The van der Waals surface area contributed by atoms with E-state index in [-0.39, 0.29) is 23.9 Å². The Labute approximate surface area is 182 Å². The number of nitrogens with one attached hydrogen (secondary N) is 2. The Morgan fingerprint density at radius 3 is 2.65 bits per heavy atom. The summed E-state index contributed by atoms with van der Waals surface area (Å²) < 4.78 is 28.6. The molecule has 0 spiro atoms. The van der Waals surface area contributed by atoms with Gasteiger partial charge in [-0.15, -0.1) is 0 Å². The average molecular weight is 450 g/mol. The number of carbonyl (C=O) groups is 1. The number of ether oxygens (including phenoxy) is 2. The summed E-state index contributed by atoms with van der Waals surface area (Å²) in [5.41, 5.74) is 7.09. The van der Waals surface area contributed by atoms with Gasteiger partial charge in [0.2, 0.25) is 11.5 Å². The predicted molar refractivity (Wildman–Crippen MR) is 111 cm³/mol. The summed E-state index contributed by atoms with van der Waals surface area (Å²) in [6.45, 7) is 1.53. The molecule has 2 aromatic carbocycles. The highest BCUT2D eigenvalue weighted by molar-refractivity contribution is 6.32. The van der Waals surface area contributed by atoms with E-state index < -0.39 is 5.91 Å². The van der Waals surface area contributed by atoms with Gasteiger partial charge in [0.15, 0.2) is 11.5 Å². The first kappa shape index (κ1) is 22.3. The van der Waals surface area contributed by atoms with Gasteiger partial charge in [0.1, 0.15) is 12.4 Å². The zero-order valence-electron chi connectivity index (χ0n) is 16.7. The molecule has 11 heteroatoms. The second kappa shape index (κ2) is 10.6. The normalized spacial score (nSPS) is 10.7. The number of rotatable bonds is 10. The number of amides is 1.